The zero-order valence-corrected chi connectivity index (χ0v) is 16.3. The molecule has 0 bridgehead atoms. The van der Waals surface area contributed by atoms with E-state index in [1.165, 1.54) is 18.2 Å². The molecule has 6 heteroatoms. The fraction of sp³-hybridized carbons (Fsp3) is 0.0417. The van der Waals surface area contributed by atoms with Crippen molar-refractivity contribution in [3.63, 3.8) is 0 Å². The molecule has 0 saturated carbocycles. The first-order chi connectivity index (χ1) is 14.6. The van der Waals surface area contributed by atoms with Crippen LogP contribution < -0.4 is 5.32 Å². The second kappa shape index (κ2) is 8.53. The van der Waals surface area contributed by atoms with Crippen LogP contribution in [0.1, 0.15) is 11.1 Å². The second-order valence-electron chi connectivity index (χ2n) is 6.74. The third-order valence-electron chi connectivity index (χ3n) is 4.56. The van der Waals surface area contributed by atoms with E-state index in [9.17, 15) is 9.18 Å². The molecule has 2 heterocycles. The number of pyridine rings is 1. The van der Waals surface area contributed by atoms with Gasteiger partial charge in [-0.25, -0.2) is 9.07 Å². The minimum absolute atomic E-state index is 0.311. The van der Waals surface area contributed by atoms with E-state index in [0.29, 0.717) is 16.9 Å². The number of hydrogen-bond acceptors (Lipinski definition) is 3. The summed E-state index contributed by atoms with van der Waals surface area (Å²) in [6, 6.07) is 17.7. The molecule has 148 valence electrons. The van der Waals surface area contributed by atoms with Gasteiger partial charge in [-0.15, -0.1) is 0 Å². The zero-order chi connectivity index (χ0) is 20.9. The molecular weight excluding hydrogens is 379 g/mol. The largest absolute Gasteiger partial charge is 0.322 e. The molecule has 0 fully saturated rings. The number of halogens is 1. The maximum atomic E-state index is 13.3. The Balaban J connectivity index is 1.63. The molecule has 0 saturated heterocycles. The Morgan fingerprint density at radius 3 is 2.67 bits per heavy atom. The van der Waals surface area contributed by atoms with Crippen molar-refractivity contribution in [1.82, 2.24) is 14.8 Å². The van der Waals surface area contributed by atoms with Crippen molar-refractivity contribution in [2.24, 2.45) is 0 Å². The summed E-state index contributed by atoms with van der Waals surface area (Å²) in [5.41, 5.74) is 4.48. The summed E-state index contributed by atoms with van der Waals surface area (Å²) >= 11 is 0. The molecule has 2 aromatic carbocycles. The van der Waals surface area contributed by atoms with Crippen molar-refractivity contribution in [2.45, 2.75) is 6.92 Å². The van der Waals surface area contributed by atoms with Crippen molar-refractivity contribution >= 4 is 17.7 Å². The average molecular weight is 398 g/mol. The van der Waals surface area contributed by atoms with Gasteiger partial charge in [-0.3, -0.25) is 9.78 Å². The predicted molar refractivity (Wildman–Crippen MR) is 116 cm³/mol. The number of aromatic nitrogens is 3. The molecule has 0 spiro atoms. The minimum atomic E-state index is -0.338. The van der Waals surface area contributed by atoms with Crippen LogP contribution in [0.5, 0.6) is 0 Å². The van der Waals surface area contributed by atoms with Gasteiger partial charge < -0.3 is 5.32 Å². The number of aryl methyl sites for hydroxylation is 1. The number of anilines is 1. The van der Waals surface area contributed by atoms with E-state index in [-0.39, 0.29) is 11.7 Å². The van der Waals surface area contributed by atoms with Crippen LogP contribution in [-0.4, -0.2) is 20.7 Å². The number of carbonyl (C=O) groups excluding carboxylic acids is 1. The van der Waals surface area contributed by atoms with Crippen LogP contribution in [0, 0.1) is 12.7 Å². The fourth-order valence-electron chi connectivity index (χ4n) is 3.06. The van der Waals surface area contributed by atoms with Gasteiger partial charge in [0.25, 0.3) is 0 Å². The number of benzene rings is 2. The monoisotopic (exact) mass is 398 g/mol. The standard InChI is InChI=1S/C24H19FN4O/c1-17-14-20(25)10-11-22(17)27-23(30)12-9-19-16-29(21-7-3-2-4-8-21)28-24(19)18-6-5-13-26-15-18/h2-16H,1H3,(H,27,30)/b12-9+. The summed E-state index contributed by atoms with van der Waals surface area (Å²) < 4.78 is 15.0. The van der Waals surface area contributed by atoms with Crippen molar-refractivity contribution in [1.29, 1.82) is 0 Å². The maximum Gasteiger partial charge on any atom is 0.248 e. The molecule has 2 aromatic heterocycles. The lowest BCUT2D eigenvalue weighted by Gasteiger charge is -2.06. The second-order valence-corrected chi connectivity index (χ2v) is 6.74. The topological polar surface area (TPSA) is 59.8 Å². The Hall–Kier alpha value is -4.06. The van der Waals surface area contributed by atoms with E-state index in [4.69, 9.17) is 0 Å². The van der Waals surface area contributed by atoms with Crippen LogP contribution in [0.3, 0.4) is 0 Å². The number of rotatable bonds is 5. The van der Waals surface area contributed by atoms with E-state index in [1.807, 2.05) is 48.7 Å². The molecule has 0 aliphatic carbocycles. The van der Waals surface area contributed by atoms with E-state index < -0.39 is 0 Å². The van der Waals surface area contributed by atoms with Crippen LogP contribution in [0.4, 0.5) is 10.1 Å². The molecule has 5 nitrogen and oxygen atoms in total. The smallest absolute Gasteiger partial charge is 0.248 e. The van der Waals surface area contributed by atoms with Crippen LogP contribution >= 0.6 is 0 Å². The molecule has 0 aliphatic heterocycles. The highest BCUT2D eigenvalue weighted by atomic mass is 19.1. The number of para-hydroxylation sites is 1. The molecule has 4 aromatic rings. The normalized spacial score (nSPS) is 11.0. The van der Waals surface area contributed by atoms with Gasteiger partial charge in [0.05, 0.1) is 5.69 Å². The maximum absolute atomic E-state index is 13.3. The van der Waals surface area contributed by atoms with Crippen molar-refractivity contribution in [3.8, 4) is 16.9 Å². The van der Waals surface area contributed by atoms with E-state index >= 15 is 0 Å². The van der Waals surface area contributed by atoms with Gasteiger partial charge in [-0.1, -0.05) is 18.2 Å². The van der Waals surface area contributed by atoms with Gasteiger partial charge in [-0.2, -0.15) is 5.10 Å². The van der Waals surface area contributed by atoms with Gasteiger partial charge in [0.2, 0.25) is 5.91 Å². The number of hydrogen-bond donors (Lipinski definition) is 1. The first kappa shape index (κ1) is 19.3. The third-order valence-corrected chi connectivity index (χ3v) is 4.56. The highest BCUT2D eigenvalue weighted by Crippen LogP contribution is 2.24. The van der Waals surface area contributed by atoms with Crippen molar-refractivity contribution in [2.75, 3.05) is 5.32 Å². The number of amides is 1. The lowest BCUT2D eigenvalue weighted by molar-refractivity contribution is -0.111. The third kappa shape index (κ3) is 4.33. The van der Waals surface area contributed by atoms with Gasteiger partial charge in [0.1, 0.15) is 11.5 Å². The minimum Gasteiger partial charge on any atom is -0.322 e. The molecule has 1 amide bonds. The first-order valence-corrected chi connectivity index (χ1v) is 9.41. The Kier molecular flexibility index (Phi) is 5.48. The highest BCUT2D eigenvalue weighted by Gasteiger charge is 2.11. The number of nitrogens with zero attached hydrogens (tertiary/aromatic N) is 3. The molecule has 4 rings (SSSR count). The molecular formula is C24H19FN4O. The van der Waals surface area contributed by atoms with E-state index in [2.05, 4.69) is 15.4 Å². The Morgan fingerprint density at radius 1 is 1.10 bits per heavy atom. The van der Waals surface area contributed by atoms with Crippen molar-refractivity contribution < 1.29 is 9.18 Å². The summed E-state index contributed by atoms with van der Waals surface area (Å²) in [4.78, 5) is 16.6. The summed E-state index contributed by atoms with van der Waals surface area (Å²) in [6.07, 6.45) is 8.45. The van der Waals surface area contributed by atoms with Crippen LogP contribution in [0.25, 0.3) is 23.0 Å². The summed E-state index contributed by atoms with van der Waals surface area (Å²) in [5, 5.41) is 7.46. The fourth-order valence-corrected chi connectivity index (χ4v) is 3.06. The van der Waals surface area contributed by atoms with E-state index in [0.717, 1.165) is 16.8 Å². The van der Waals surface area contributed by atoms with Gasteiger partial charge in [0.15, 0.2) is 0 Å². The molecule has 0 unspecified atom stereocenters. The number of carbonyl (C=O) groups is 1. The Labute approximate surface area is 173 Å². The molecule has 30 heavy (non-hydrogen) atoms. The Morgan fingerprint density at radius 2 is 1.93 bits per heavy atom. The SMILES string of the molecule is Cc1cc(F)ccc1NC(=O)/C=C/c1cn(-c2ccccc2)nc1-c1cccnc1. The van der Waals surface area contributed by atoms with Gasteiger partial charge in [-0.05, 0) is 61.0 Å². The van der Waals surface area contributed by atoms with E-state index in [1.54, 1.807) is 36.1 Å². The molecule has 0 aliphatic rings. The average Bonchev–Trinajstić information content (AvgIpc) is 3.20. The van der Waals surface area contributed by atoms with Crippen LogP contribution in [0.2, 0.25) is 0 Å². The lowest BCUT2D eigenvalue weighted by atomic mass is 10.1. The summed E-state index contributed by atoms with van der Waals surface area (Å²) in [6.45, 7) is 1.74. The van der Waals surface area contributed by atoms with Gasteiger partial charge in [0, 0.05) is 41.5 Å². The van der Waals surface area contributed by atoms with Crippen LogP contribution in [0.15, 0.2) is 85.3 Å². The zero-order valence-electron chi connectivity index (χ0n) is 16.3. The molecule has 0 atom stereocenters. The Bertz CT molecular complexity index is 1200. The first-order valence-electron chi connectivity index (χ1n) is 9.41. The molecule has 1 N–H and O–H groups in total. The van der Waals surface area contributed by atoms with Crippen LogP contribution in [-0.2, 0) is 4.79 Å². The van der Waals surface area contributed by atoms with Gasteiger partial charge >= 0.3 is 0 Å². The lowest BCUT2D eigenvalue weighted by Crippen LogP contribution is -2.09. The predicted octanol–water partition coefficient (Wildman–Crippen LogP) is 5.03. The quantitative estimate of drug-likeness (QED) is 0.480. The summed E-state index contributed by atoms with van der Waals surface area (Å²) in [7, 11) is 0. The molecule has 0 radical (unpaired) electrons. The summed E-state index contributed by atoms with van der Waals surface area (Å²) in [5.74, 6) is -0.648. The van der Waals surface area contributed by atoms with Crippen molar-refractivity contribution in [3.05, 3.63) is 102 Å². The highest BCUT2D eigenvalue weighted by molar-refractivity contribution is 6.02. The number of nitrogens with one attached hydrogen (secondary N) is 1.